The van der Waals surface area contributed by atoms with E-state index < -0.39 is 17.6 Å². The molecule has 2 aromatic carbocycles. The van der Waals surface area contributed by atoms with Crippen LogP contribution in [0.1, 0.15) is 28.8 Å². The van der Waals surface area contributed by atoms with Crippen LogP contribution in [0.5, 0.6) is 0 Å². The van der Waals surface area contributed by atoms with Gasteiger partial charge in [-0.15, -0.1) is 0 Å². The van der Waals surface area contributed by atoms with E-state index in [2.05, 4.69) is 5.32 Å². The molecule has 0 spiro atoms. The van der Waals surface area contributed by atoms with Crippen molar-refractivity contribution in [2.24, 2.45) is 0 Å². The van der Waals surface area contributed by atoms with Gasteiger partial charge >= 0.3 is 6.18 Å². The van der Waals surface area contributed by atoms with Crippen molar-refractivity contribution in [3.8, 4) is 0 Å². The fourth-order valence-electron chi connectivity index (χ4n) is 2.88. The minimum Gasteiger partial charge on any atom is -0.370 e. The molecular formula is C18H16ClF3N2O. The second-order valence-electron chi connectivity index (χ2n) is 5.86. The van der Waals surface area contributed by atoms with Gasteiger partial charge in [0.1, 0.15) is 0 Å². The van der Waals surface area contributed by atoms with Crippen molar-refractivity contribution in [2.75, 3.05) is 23.3 Å². The van der Waals surface area contributed by atoms with Crippen molar-refractivity contribution in [1.82, 2.24) is 0 Å². The Morgan fingerprint density at radius 1 is 1.08 bits per heavy atom. The second kappa shape index (κ2) is 6.96. The maximum Gasteiger partial charge on any atom is 0.416 e. The molecule has 1 aliphatic heterocycles. The first kappa shape index (κ1) is 17.6. The Hall–Kier alpha value is -2.21. The predicted octanol–water partition coefficient (Wildman–Crippen LogP) is 5.21. The molecule has 0 atom stereocenters. The zero-order chi connectivity index (χ0) is 18.0. The van der Waals surface area contributed by atoms with Gasteiger partial charge in [-0.2, -0.15) is 13.2 Å². The van der Waals surface area contributed by atoms with E-state index in [4.69, 9.17) is 11.6 Å². The van der Waals surface area contributed by atoms with E-state index in [0.29, 0.717) is 5.69 Å². The zero-order valence-electron chi connectivity index (χ0n) is 13.2. The third-order valence-corrected chi connectivity index (χ3v) is 4.47. The van der Waals surface area contributed by atoms with Crippen LogP contribution in [-0.2, 0) is 6.18 Å². The van der Waals surface area contributed by atoms with Crippen molar-refractivity contribution >= 4 is 28.9 Å². The molecular weight excluding hydrogens is 353 g/mol. The Kier molecular flexibility index (Phi) is 4.90. The highest BCUT2D eigenvalue weighted by Crippen LogP contribution is 2.36. The molecule has 3 rings (SSSR count). The summed E-state index contributed by atoms with van der Waals surface area (Å²) in [7, 11) is 0. The van der Waals surface area contributed by atoms with Gasteiger partial charge in [0.2, 0.25) is 0 Å². The maximum atomic E-state index is 13.1. The molecule has 0 saturated carbocycles. The Balaban J connectivity index is 1.97. The fourth-order valence-corrected chi connectivity index (χ4v) is 3.10. The van der Waals surface area contributed by atoms with Gasteiger partial charge in [0.05, 0.1) is 27.5 Å². The maximum absolute atomic E-state index is 13.1. The molecule has 0 radical (unpaired) electrons. The minimum atomic E-state index is -4.48. The van der Waals surface area contributed by atoms with Crippen LogP contribution in [-0.4, -0.2) is 19.0 Å². The van der Waals surface area contributed by atoms with E-state index in [0.717, 1.165) is 38.1 Å². The predicted molar refractivity (Wildman–Crippen MR) is 92.3 cm³/mol. The van der Waals surface area contributed by atoms with Crippen LogP contribution in [0.2, 0.25) is 5.02 Å². The molecule has 1 N–H and O–H groups in total. The molecule has 0 unspecified atom stereocenters. The lowest BCUT2D eigenvalue weighted by molar-refractivity contribution is -0.137. The van der Waals surface area contributed by atoms with Gasteiger partial charge in [0.15, 0.2) is 0 Å². The second-order valence-corrected chi connectivity index (χ2v) is 6.27. The van der Waals surface area contributed by atoms with Crippen LogP contribution < -0.4 is 10.2 Å². The van der Waals surface area contributed by atoms with Crippen molar-refractivity contribution in [2.45, 2.75) is 19.0 Å². The Bertz CT molecular complexity index is 786. The summed E-state index contributed by atoms with van der Waals surface area (Å²) in [5, 5.41) is 2.84. The summed E-state index contributed by atoms with van der Waals surface area (Å²) in [5.41, 5.74) is 0.145. The van der Waals surface area contributed by atoms with Gasteiger partial charge in [-0.1, -0.05) is 23.7 Å². The zero-order valence-corrected chi connectivity index (χ0v) is 14.0. The SMILES string of the molecule is O=C(Nc1cc(C(F)(F)F)ccc1N1CCCC1)c1ccccc1Cl. The quantitative estimate of drug-likeness (QED) is 0.806. The molecule has 0 aliphatic carbocycles. The van der Waals surface area contributed by atoms with Gasteiger partial charge in [0, 0.05) is 13.1 Å². The average molecular weight is 369 g/mol. The molecule has 0 aromatic heterocycles. The third kappa shape index (κ3) is 3.90. The molecule has 25 heavy (non-hydrogen) atoms. The van der Waals surface area contributed by atoms with Crippen LogP contribution in [0.3, 0.4) is 0 Å². The Morgan fingerprint density at radius 2 is 1.76 bits per heavy atom. The van der Waals surface area contributed by atoms with E-state index in [1.807, 2.05) is 4.90 Å². The Morgan fingerprint density at radius 3 is 2.40 bits per heavy atom. The summed E-state index contributed by atoms with van der Waals surface area (Å²) in [6.45, 7) is 1.50. The summed E-state index contributed by atoms with van der Waals surface area (Å²) in [6.07, 6.45) is -2.54. The number of hydrogen-bond acceptors (Lipinski definition) is 2. The number of benzene rings is 2. The number of alkyl halides is 3. The lowest BCUT2D eigenvalue weighted by Crippen LogP contribution is -2.22. The lowest BCUT2D eigenvalue weighted by Gasteiger charge is -2.23. The molecule has 2 aromatic rings. The van der Waals surface area contributed by atoms with E-state index in [1.54, 1.807) is 18.2 Å². The molecule has 1 fully saturated rings. The minimum absolute atomic E-state index is 0.140. The van der Waals surface area contributed by atoms with Gasteiger partial charge in [-0.05, 0) is 43.2 Å². The van der Waals surface area contributed by atoms with Crippen LogP contribution in [0.25, 0.3) is 0 Å². The number of carbonyl (C=O) groups is 1. The molecule has 1 heterocycles. The highest BCUT2D eigenvalue weighted by molar-refractivity contribution is 6.34. The molecule has 132 valence electrons. The summed E-state index contributed by atoms with van der Waals surface area (Å²) in [4.78, 5) is 14.4. The molecule has 3 nitrogen and oxygen atoms in total. The van der Waals surface area contributed by atoms with Crippen molar-refractivity contribution in [3.05, 3.63) is 58.6 Å². The Labute approximate surface area is 148 Å². The average Bonchev–Trinajstić information content (AvgIpc) is 3.08. The number of amides is 1. The topological polar surface area (TPSA) is 32.3 Å². The number of nitrogens with one attached hydrogen (secondary N) is 1. The highest BCUT2D eigenvalue weighted by atomic mass is 35.5. The summed E-state index contributed by atoms with van der Waals surface area (Å²) < 4.78 is 39.2. The van der Waals surface area contributed by atoms with E-state index >= 15 is 0 Å². The number of halogens is 4. The number of nitrogens with zero attached hydrogens (tertiary/aromatic N) is 1. The molecule has 1 saturated heterocycles. The molecule has 0 bridgehead atoms. The fraction of sp³-hybridized carbons (Fsp3) is 0.278. The standard InChI is InChI=1S/C18H16ClF3N2O/c19-14-6-2-1-5-13(14)17(25)23-15-11-12(18(20,21)22)7-8-16(15)24-9-3-4-10-24/h1-2,5-8,11H,3-4,9-10H2,(H,23,25). The molecule has 7 heteroatoms. The van der Waals surface area contributed by atoms with Crippen LogP contribution in [0.4, 0.5) is 24.5 Å². The van der Waals surface area contributed by atoms with Crippen molar-refractivity contribution in [1.29, 1.82) is 0 Å². The first-order chi connectivity index (χ1) is 11.9. The third-order valence-electron chi connectivity index (χ3n) is 4.14. The van der Waals surface area contributed by atoms with Gasteiger partial charge < -0.3 is 10.2 Å². The van der Waals surface area contributed by atoms with Crippen LogP contribution in [0, 0.1) is 0 Å². The summed E-state index contributed by atoms with van der Waals surface area (Å²) in [5.74, 6) is -0.537. The first-order valence-electron chi connectivity index (χ1n) is 7.88. The number of hydrogen-bond donors (Lipinski definition) is 1. The molecule has 1 aliphatic rings. The van der Waals surface area contributed by atoms with Gasteiger partial charge in [0.25, 0.3) is 5.91 Å². The van der Waals surface area contributed by atoms with E-state index in [9.17, 15) is 18.0 Å². The lowest BCUT2D eigenvalue weighted by atomic mass is 10.1. The van der Waals surface area contributed by atoms with E-state index in [1.165, 1.54) is 12.1 Å². The van der Waals surface area contributed by atoms with Crippen molar-refractivity contribution < 1.29 is 18.0 Å². The molecule has 1 amide bonds. The largest absolute Gasteiger partial charge is 0.416 e. The summed E-state index contributed by atoms with van der Waals surface area (Å²) >= 11 is 6.00. The number of carbonyl (C=O) groups excluding carboxylic acids is 1. The highest BCUT2D eigenvalue weighted by Gasteiger charge is 2.32. The number of rotatable bonds is 3. The van der Waals surface area contributed by atoms with Crippen LogP contribution >= 0.6 is 11.6 Å². The smallest absolute Gasteiger partial charge is 0.370 e. The van der Waals surface area contributed by atoms with Crippen LogP contribution in [0.15, 0.2) is 42.5 Å². The first-order valence-corrected chi connectivity index (χ1v) is 8.26. The van der Waals surface area contributed by atoms with E-state index in [-0.39, 0.29) is 16.3 Å². The summed E-state index contributed by atoms with van der Waals surface area (Å²) in [6, 6.07) is 9.84. The van der Waals surface area contributed by atoms with Crippen molar-refractivity contribution in [3.63, 3.8) is 0 Å². The number of anilines is 2. The monoisotopic (exact) mass is 368 g/mol. The van der Waals surface area contributed by atoms with Gasteiger partial charge in [-0.25, -0.2) is 0 Å². The van der Waals surface area contributed by atoms with Gasteiger partial charge in [-0.3, -0.25) is 4.79 Å². The normalized spacial score (nSPS) is 14.6.